The van der Waals surface area contributed by atoms with Crippen LogP contribution in [-0.4, -0.2) is 35.8 Å². The van der Waals surface area contributed by atoms with Gasteiger partial charge in [-0.1, -0.05) is 19.8 Å². The third kappa shape index (κ3) is 4.86. The van der Waals surface area contributed by atoms with Crippen molar-refractivity contribution in [2.75, 3.05) is 13.1 Å². The number of halogens is 3. The van der Waals surface area contributed by atoms with Gasteiger partial charge in [-0.3, -0.25) is 9.59 Å². The summed E-state index contributed by atoms with van der Waals surface area (Å²) in [6.45, 7) is 3.06. The molecule has 7 heteroatoms. The molecule has 1 aliphatic heterocycles. The summed E-state index contributed by atoms with van der Waals surface area (Å²) < 4.78 is 38.0. The molecule has 2 fully saturated rings. The minimum absolute atomic E-state index is 0.0698. The number of hydrogen-bond donors (Lipinski definition) is 1. The molecule has 1 aliphatic carbocycles. The number of piperidine rings is 1. The van der Waals surface area contributed by atoms with Gasteiger partial charge in [0.05, 0.1) is 5.56 Å². The number of carbonyl (C=O) groups excluding carboxylic acids is 2. The Kier molecular flexibility index (Phi) is 6.30. The van der Waals surface area contributed by atoms with Gasteiger partial charge < -0.3 is 10.2 Å². The third-order valence-electron chi connectivity index (χ3n) is 6.05. The summed E-state index contributed by atoms with van der Waals surface area (Å²) in [5.41, 5.74) is -0.525. The van der Waals surface area contributed by atoms with Gasteiger partial charge in [0, 0.05) is 30.6 Å². The largest absolute Gasteiger partial charge is 0.416 e. The van der Waals surface area contributed by atoms with E-state index >= 15 is 0 Å². The van der Waals surface area contributed by atoms with E-state index in [9.17, 15) is 22.8 Å². The Balaban J connectivity index is 1.51. The molecule has 2 aliphatic rings. The average molecular weight is 396 g/mol. The van der Waals surface area contributed by atoms with E-state index in [2.05, 4.69) is 12.2 Å². The monoisotopic (exact) mass is 396 g/mol. The van der Waals surface area contributed by atoms with Crippen molar-refractivity contribution in [2.24, 2.45) is 11.8 Å². The SMILES string of the molecule is C[C@@H]1CCCC[C@@H]1NC(=O)C1CCN(C(=O)c2ccc(C(F)(F)F)cc2)CC1. The molecule has 0 spiro atoms. The number of nitrogens with one attached hydrogen (secondary N) is 1. The molecule has 1 saturated heterocycles. The van der Waals surface area contributed by atoms with Gasteiger partial charge >= 0.3 is 6.18 Å². The first-order valence-electron chi connectivity index (χ1n) is 10.0. The van der Waals surface area contributed by atoms with Crippen molar-refractivity contribution >= 4 is 11.8 Å². The van der Waals surface area contributed by atoms with Crippen LogP contribution in [0.25, 0.3) is 0 Å². The van der Waals surface area contributed by atoms with Crippen LogP contribution in [0, 0.1) is 11.8 Å². The molecular weight excluding hydrogens is 369 g/mol. The molecule has 1 saturated carbocycles. The lowest BCUT2D eigenvalue weighted by Crippen LogP contribution is -2.47. The molecule has 0 bridgehead atoms. The molecule has 1 aromatic rings. The lowest BCUT2D eigenvalue weighted by atomic mass is 9.85. The first-order valence-corrected chi connectivity index (χ1v) is 10.0. The molecule has 1 aromatic carbocycles. The highest BCUT2D eigenvalue weighted by Crippen LogP contribution is 2.30. The first-order chi connectivity index (χ1) is 13.3. The molecule has 2 atom stereocenters. The van der Waals surface area contributed by atoms with Crippen LogP contribution in [0.2, 0.25) is 0 Å². The fourth-order valence-electron chi connectivity index (χ4n) is 4.16. The second kappa shape index (κ2) is 8.53. The predicted octanol–water partition coefficient (Wildman–Crippen LogP) is 4.25. The molecule has 28 heavy (non-hydrogen) atoms. The zero-order valence-corrected chi connectivity index (χ0v) is 16.1. The Morgan fingerprint density at radius 3 is 2.18 bits per heavy atom. The Morgan fingerprint density at radius 1 is 1.00 bits per heavy atom. The lowest BCUT2D eigenvalue weighted by Gasteiger charge is -2.34. The van der Waals surface area contributed by atoms with E-state index in [1.54, 1.807) is 4.90 Å². The summed E-state index contributed by atoms with van der Waals surface area (Å²) in [5, 5.41) is 3.19. The fraction of sp³-hybridized carbons (Fsp3) is 0.619. The maximum atomic E-state index is 12.7. The van der Waals surface area contributed by atoms with Crippen LogP contribution in [0.1, 0.15) is 61.4 Å². The van der Waals surface area contributed by atoms with Gasteiger partial charge in [-0.15, -0.1) is 0 Å². The van der Waals surface area contributed by atoms with Crippen LogP contribution >= 0.6 is 0 Å². The molecule has 154 valence electrons. The Hall–Kier alpha value is -2.05. The van der Waals surface area contributed by atoms with Gasteiger partial charge in [0.25, 0.3) is 5.91 Å². The van der Waals surface area contributed by atoms with Crippen LogP contribution < -0.4 is 5.32 Å². The zero-order valence-electron chi connectivity index (χ0n) is 16.1. The summed E-state index contributed by atoms with van der Waals surface area (Å²) in [5.74, 6) is 0.179. The maximum absolute atomic E-state index is 12.7. The average Bonchev–Trinajstić information content (AvgIpc) is 2.69. The van der Waals surface area contributed by atoms with Crippen LogP contribution in [0.3, 0.4) is 0 Å². The summed E-state index contributed by atoms with van der Waals surface area (Å²) in [7, 11) is 0. The highest BCUT2D eigenvalue weighted by molar-refractivity contribution is 5.94. The molecule has 0 radical (unpaired) electrons. The van der Waals surface area contributed by atoms with Crippen LogP contribution in [0.4, 0.5) is 13.2 Å². The molecule has 2 amide bonds. The van der Waals surface area contributed by atoms with Gasteiger partial charge in [-0.25, -0.2) is 0 Å². The highest BCUT2D eigenvalue weighted by atomic mass is 19.4. The lowest BCUT2D eigenvalue weighted by molar-refractivity contribution is -0.137. The van der Waals surface area contributed by atoms with Crippen molar-refractivity contribution < 1.29 is 22.8 Å². The van der Waals surface area contributed by atoms with Crippen molar-refractivity contribution in [1.29, 1.82) is 0 Å². The number of nitrogens with zero attached hydrogens (tertiary/aromatic N) is 1. The van der Waals surface area contributed by atoms with Gasteiger partial charge in [0.2, 0.25) is 5.91 Å². The number of hydrogen-bond acceptors (Lipinski definition) is 2. The summed E-state index contributed by atoms with van der Waals surface area (Å²) >= 11 is 0. The minimum atomic E-state index is -4.41. The molecule has 0 unspecified atom stereocenters. The third-order valence-corrected chi connectivity index (χ3v) is 6.05. The quantitative estimate of drug-likeness (QED) is 0.830. The number of alkyl halides is 3. The predicted molar refractivity (Wildman–Crippen MR) is 99.6 cm³/mol. The number of carbonyl (C=O) groups is 2. The molecule has 0 aromatic heterocycles. The smallest absolute Gasteiger partial charge is 0.353 e. The molecule has 1 heterocycles. The van der Waals surface area contributed by atoms with Gasteiger partial charge in [0.15, 0.2) is 0 Å². The molecule has 1 N–H and O–H groups in total. The number of amides is 2. The minimum Gasteiger partial charge on any atom is -0.353 e. The van der Waals surface area contributed by atoms with Crippen LogP contribution in [0.5, 0.6) is 0 Å². The number of likely N-dealkylation sites (tertiary alicyclic amines) is 1. The van der Waals surface area contributed by atoms with E-state index in [1.165, 1.54) is 18.6 Å². The van der Waals surface area contributed by atoms with Crippen molar-refractivity contribution in [3.05, 3.63) is 35.4 Å². The number of rotatable bonds is 3. The van der Waals surface area contributed by atoms with E-state index in [4.69, 9.17) is 0 Å². The van der Waals surface area contributed by atoms with Crippen molar-refractivity contribution in [2.45, 2.75) is 57.7 Å². The van der Waals surface area contributed by atoms with Gasteiger partial charge in [-0.05, 0) is 55.9 Å². The molecular formula is C21H27F3N2O2. The summed E-state index contributed by atoms with van der Waals surface area (Å²) in [6, 6.07) is 4.54. The summed E-state index contributed by atoms with van der Waals surface area (Å²) in [4.78, 5) is 26.7. The van der Waals surface area contributed by atoms with E-state index in [-0.39, 0.29) is 29.3 Å². The Morgan fingerprint density at radius 2 is 1.61 bits per heavy atom. The van der Waals surface area contributed by atoms with Crippen molar-refractivity contribution in [3.8, 4) is 0 Å². The van der Waals surface area contributed by atoms with E-state index in [0.29, 0.717) is 31.8 Å². The van der Waals surface area contributed by atoms with Crippen molar-refractivity contribution in [3.63, 3.8) is 0 Å². The second-order valence-electron chi connectivity index (χ2n) is 8.02. The van der Waals surface area contributed by atoms with E-state index in [0.717, 1.165) is 31.4 Å². The second-order valence-corrected chi connectivity index (χ2v) is 8.02. The van der Waals surface area contributed by atoms with Gasteiger partial charge in [0.1, 0.15) is 0 Å². The highest BCUT2D eigenvalue weighted by Gasteiger charge is 2.32. The fourth-order valence-corrected chi connectivity index (χ4v) is 4.16. The normalized spacial score (nSPS) is 24.1. The zero-order chi connectivity index (χ0) is 20.3. The van der Waals surface area contributed by atoms with Gasteiger partial charge in [-0.2, -0.15) is 13.2 Å². The topological polar surface area (TPSA) is 49.4 Å². The van der Waals surface area contributed by atoms with Crippen molar-refractivity contribution in [1.82, 2.24) is 10.2 Å². The standard InChI is InChI=1S/C21H27F3N2O2/c1-14-4-2-3-5-18(14)25-19(27)15-10-12-26(13-11-15)20(28)16-6-8-17(9-7-16)21(22,23)24/h6-9,14-15,18H,2-5,10-13H2,1H3,(H,25,27)/t14-,18+/m1/s1. The first kappa shape index (κ1) is 20.7. The Bertz CT molecular complexity index is 695. The van der Waals surface area contributed by atoms with E-state index < -0.39 is 11.7 Å². The summed E-state index contributed by atoms with van der Waals surface area (Å²) in [6.07, 6.45) is 1.29. The Labute approximate surface area is 163 Å². The van der Waals surface area contributed by atoms with E-state index in [1.807, 2.05) is 0 Å². The van der Waals surface area contributed by atoms with Crippen LogP contribution in [-0.2, 0) is 11.0 Å². The molecule has 3 rings (SSSR count). The van der Waals surface area contributed by atoms with Crippen LogP contribution in [0.15, 0.2) is 24.3 Å². The number of benzene rings is 1. The molecule has 4 nitrogen and oxygen atoms in total. The maximum Gasteiger partial charge on any atom is 0.416 e.